The maximum absolute atomic E-state index is 13.3. The Bertz CT molecular complexity index is 1540. The number of fused-ring (bicyclic) bond motifs is 2. The van der Waals surface area contributed by atoms with E-state index >= 15 is 0 Å². The number of thiophene rings is 1. The van der Waals surface area contributed by atoms with Crippen LogP contribution in [-0.4, -0.2) is 58.6 Å². The molecule has 0 unspecified atom stereocenters. The normalized spacial score (nSPS) is 17.8. The fourth-order valence-electron chi connectivity index (χ4n) is 5.90. The molecular weight excluding hydrogens is 539 g/mol. The molecule has 40 heavy (non-hydrogen) atoms. The van der Waals surface area contributed by atoms with Gasteiger partial charge in [-0.2, -0.15) is 13.2 Å². The molecule has 3 aliphatic rings. The molecule has 7 nitrogen and oxygen atoms in total. The lowest BCUT2D eigenvalue weighted by Crippen LogP contribution is -2.33. The lowest BCUT2D eigenvalue weighted by atomic mass is 10.00. The number of amides is 1. The summed E-state index contributed by atoms with van der Waals surface area (Å²) in [5.74, 6) is 0.0150. The van der Waals surface area contributed by atoms with Crippen LogP contribution in [0.25, 0.3) is 0 Å². The van der Waals surface area contributed by atoms with E-state index < -0.39 is 11.7 Å². The molecule has 1 amide bonds. The van der Waals surface area contributed by atoms with Crippen LogP contribution in [-0.2, 0) is 25.6 Å². The first-order valence-electron chi connectivity index (χ1n) is 13.5. The molecule has 3 aromatic rings. The molecule has 1 aromatic carbocycles. The van der Waals surface area contributed by atoms with Gasteiger partial charge in [-0.25, -0.2) is 0 Å². The molecule has 0 bridgehead atoms. The number of hydrogen-bond acceptors (Lipinski definition) is 6. The summed E-state index contributed by atoms with van der Waals surface area (Å²) >= 11 is 1.07. The molecule has 0 aliphatic carbocycles. The Hall–Kier alpha value is -3.44. The number of H-pyrrole nitrogens is 1. The molecule has 1 saturated heterocycles. The summed E-state index contributed by atoms with van der Waals surface area (Å²) in [6.45, 7) is 6.15. The largest absolute Gasteiger partial charge is 0.417 e. The molecule has 210 valence electrons. The van der Waals surface area contributed by atoms with Gasteiger partial charge in [-0.05, 0) is 67.6 Å². The van der Waals surface area contributed by atoms with E-state index in [1.807, 2.05) is 17.0 Å². The Labute approximate surface area is 233 Å². The molecule has 0 saturated carbocycles. The number of carbonyl (C=O) groups excluding carboxylic acids is 1. The number of rotatable bonds is 8. The van der Waals surface area contributed by atoms with Crippen molar-refractivity contribution in [3.63, 3.8) is 0 Å². The number of pyridine rings is 1. The van der Waals surface area contributed by atoms with Gasteiger partial charge in [0.05, 0.1) is 28.2 Å². The maximum Gasteiger partial charge on any atom is 0.417 e. The number of aromatic nitrogens is 1. The fraction of sp³-hybridized carbons (Fsp3) is 0.414. The summed E-state index contributed by atoms with van der Waals surface area (Å²) < 4.78 is 40.0. The van der Waals surface area contributed by atoms with Crippen LogP contribution in [0.2, 0.25) is 0 Å². The quantitative estimate of drug-likeness (QED) is 0.390. The zero-order valence-electron chi connectivity index (χ0n) is 22.1. The van der Waals surface area contributed by atoms with Crippen molar-refractivity contribution in [1.29, 1.82) is 0 Å². The van der Waals surface area contributed by atoms with Crippen molar-refractivity contribution in [2.75, 3.05) is 31.5 Å². The van der Waals surface area contributed by atoms with E-state index in [0.717, 1.165) is 48.2 Å². The molecule has 1 fully saturated rings. The third kappa shape index (κ3) is 5.19. The highest BCUT2D eigenvalue weighted by atomic mass is 32.1. The monoisotopic (exact) mass is 569 g/mol. The zero-order chi connectivity index (χ0) is 28.0. The highest BCUT2D eigenvalue weighted by molar-refractivity contribution is 7.10. The molecule has 2 aromatic heterocycles. The van der Waals surface area contributed by atoms with Crippen molar-refractivity contribution < 1.29 is 18.0 Å². The van der Waals surface area contributed by atoms with Gasteiger partial charge in [-0.1, -0.05) is 6.07 Å². The molecule has 3 aliphatic heterocycles. The SMILES string of the molecule is C[C@@H](Cc1sccc1C(F)(F)F)Nc1cc[nH]c(=O)c1C1=Nc2cc3c(cc2C1)CN(CCN1CCCC1)C3=O. The summed E-state index contributed by atoms with van der Waals surface area (Å²) in [7, 11) is 0. The Morgan fingerprint density at radius 1 is 1.12 bits per heavy atom. The predicted molar refractivity (Wildman–Crippen MR) is 150 cm³/mol. The minimum atomic E-state index is -4.40. The Morgan fingerprint density at radius 3 is 2.70 bits per heavy atom. The Balaban J connectivity index is 1.19. The second-order valence-electron chi connectivity index (χ2n) is 10.7. The van der Waals surface area contributed by atoms with Crippen molar-refractivity contribution in [3.05, 3.63) is 78.9 Å². The minimum Gasteiger partial charge on any atom is -0.381 e. The van der Waals surface area contributed by atoms with Crippen LogP contribution in [0.4, 0.5) is 24.5 Å². The van der Waals surface area contributed by atoms with E-state index in [-0.39, 0.29) is 28.8 Å². The van der Waals surface area contributed by atoms with Gasteiger partial charge < -0.3 is 20.1 Å². The smallest absolute Gasteiger partial charge is 0.381 e. The number of nitrogens with one attached hydrogen (secondary N) is 2. The molecule has 0 spiro atoms. The number of aliphatic imine (C=N–C) groups is 1. The highest BCUT2D eigenvalue weighted by Crippen LogP contribution is 2.37. The van der Waals surface area contributed by atoms with Crippen molar-refractivity contribution in [2.45, 2.75) is 51.4 Å². The average molecular weight is 570 g/mol. The van der Waals surface area contributed by atoms with Gasteiger partial charge in [-0.3, -0.25) is 14.6 Å². The van der Waals surface area contributed by atoms with Crippen molar-refractivity contribution in [3.8, 4) is 0 Å². The lowest BCUT2D eigenvalue weighted by molar-refractivity contribution is -0.137. The number of benzene rings is 1. The van der Waals surface area contributed by atoms with E-state index in [9.17, 15) is 22.8 Å². The first-order valence-corrected chi connectivity index (χ1v) is 14.4. The maximum atomic E-state index is 13.3. The fourth-order valence-corrected chi connectivity index (χ4v) is 6.92. The third-order valence-corrected chi connectivity index (χ3v) is 8.82. The van der Waals surface area contributed by atoms with Crippen LogP contribution in [0.1, 0.15) is 57.3 Å². The van der Waals surface area contributed by atoms with Gasteiger partial charge in [0.15, 0.2) is 0 Å². The van der Waals surface area contributed by atoms with Crippen LogP contribution in [0.5, 0.6) is 0 Å². The topological polar surface area (TPSA) is 80.8 Å². The van der Waals surface area contributed by atoms with E-state index in [4.69, 9.17) is 4.99 Å². The summed E-state index contributed by atoms with van der Waals surface area (Å²) in [6.07, 6.45) is 0.143. The number of hydrogen-bond donors (Lipinski definition) is 2. The van der Waals surface area contributed by atoms with E-state index in [1.54, 1.807) is 13.0 Å². The number of carbonyl (C=O) groups is 1. The number of likely N-dealkylation sites (tertiary alicyclic amines) is 1. The Morgan fingerprint density at radius 2 is 1.93 bits per heavy atom. The van der Waals surface area contributed by atoms with E-state index in [2.05, 4.69) is 15.2 Å². The van der Waals surface area contributed by atoms with Gasteiger partial charge in [0.25, 0.3) is 11.5 Å². The van der Waals surface area contributed by atoms with Gasteiger partial charge in [0.2, 0.25) is 0 Å². The van der Waals surface area contributed by atoms with Gasteiger partial charge >= 0.3 is 6.18 Å². The van der Waals surface area contributed by atoms with Crippen LogP contribution >= 0.6 is 11.3 Å². The third-order valence-electron chi connectivity index (χ3n) is 7.88. The van der Waals surface area contributed by atoms with Gasteiger partial charge in [0.1, 0.15) is 0 Å². The molecule has 0 radical (unpaired) electrons. The number of nitrogens with zero attached hydrogens (tertiary/aromatic N) is 3. The molecular formula is C29H30F3N5O2S. The van der Waals surface area contributed by atoms with Crippen LogP contribution in [0.3, 0.4) is 0 Å². The Kier molecular flexibility index (Phi) is 7.03. The lowest BCUT2D eigenvalue weighted by Gasteiger charge is -2.20. The number of aromatic amines is 1. The first-order chi connectivity index (χ1) is 19.2. The number of alkyl halides is 3. The van der Waals surface area contributed by atoms with Crippen LogP contribution in [0.15, 0.2) is 45.6 Å². The predicted octanol–water partition coefficient (Wildman–Crippen LogP) is 5.23. The molecule has 1 atom stereocenters. The van der Waals surface area contributed by atoms with Gasteiger partial charge in [0, 0.05) is 55.2 Å². The minimum absolute atomic E-state index is 0.0150. The van der Waals surface area contributed by atoms with Crippen LogP contribution < -0.4 is 10.9 Å². The highest BCUT2D eigenvalue weighted by Gasteiger charge is 2.35. The van der Waals surface area contributed by atoms with Gasteiger partial charge in [-0.15, -0.1) is 11.3 Å². The summed E-state index contributed by atoms with van der Waals surface area (Å²) in [5.41, 5.74) is 3.79. The second-order valence-corrected chi connectivity index (χ2v) is 11.7. The zero-order valence-corrected chi connectivity index (χ0v) is 22.9. The summed E-state index contributed by atoms with van der Waals surface area (Å²) in [6, 6.07) is 6.30. The molecule has 2 N–H and O–H groups in total. The number of anilines is 1. The average Bonchev–Trinajstić information content (AvgIpc) is 3.69. The molecule has 5 heterocycles. The van der Waals surface area contributed by atoms with Crippen molar-refractivity contribution >= 4 is 34.3 Å². The first kappa shape index (κ1) is 26.8. The standard InChI is InChI=1S/C29H30F3N5O2S/c1-17(12-25-21(5-11-40-25)29(30,31)32)34-22-4-6-33-27(38)26(22)24-14-18-13-19-16-37(10-9-36-7-2-3-8-36)28(39)20(19)15-23(18)35-24/h4-6,11,13,15,17H,2-3,7-10,12,14,16H2,1H3,(H2,33,34,38)/t17-/m0/s1. The number of halogens is 3. The van der Waals surface area contributed by atoms with Crippen molar-refractivity contribution in [1.82, 2.24) is 14.8 Å². The summed E-state index contributed by atoms with van der Waals surface area (Å²) in [4.78, 5) is 38.1. The summed E-state index contributed by atoms with van der Waals surface area (Å²) in [5, 5.41) is 4.69. The molecule has 11 heteroatoms. The second kappa shape index (κ2) is 10.5. The van der Waals surface area contributed by atoms with Crippen LogP contribution in [0, 0.1) is 0 Å². The van der Waals surface area contributed by atoms with Crippen molar-refractivity contribution in [2.24, 2.45) is 4.99 Å². The molecule has 6 rings (SSSR count). The van der Waals surface area contributed by atoms with E-state index in [1.165, 1.54) is 24.4 Å². The van der Waals surface area contributed by atoms with E-state index in [0.29, 0.717) is 47.7 Å².